The van der Waals surface area contributed by atoms with Crippen molar-refractivity contribution in [3.63, 3.8) is 0 Å². The number of rotatable bonds is 2. The number of aliphatic carboxylic acids is 1. The molecule has 0 aromatic rings. The summed E-state index contributed by atoms with van der Waals surface area (Å²) in [6.07, 6.45) is -2.51. The fourth-order valence-corrected chi connectivity index (χ4v) is 1.62. The summed E-state index contributed by atoms with van der Waals surface area (Å²) in [5.41, 5.74) is -0.722. The quantitative estimate of drug-likeness (QED) is 0.673. The number of carboxylic acid groups (broad SMARTS) is 1. The Morgan fingerprint density at radius 2 is 2.00 bits per heavy atom. The summed E-state index contributed by atoms with van der Waals surface area (Å²) < 4.78 is 24.1. The van der Waals surface area contributed by atoms with Crippen molar-refractivity contribution < 1.29 is 18.7 Å². The fraction of sp³-hybridized carbons (Fsp3) is 0.857. The van der Waals surface area contributed by atoms with Crippen molar-refractivity contribution in [2.75, 3.05) is 0 Å². The van der Waals surface area contributed by atoms with E-state index in [4.69, 9.17) is 5.11 Å². The lowest BCUT2D eigenvalue weighted by Crippen LogP contribution is -2.04. The van der Waals surface area contributed by atoms with E-state index in [0.29, 0.717) is 0 Å². The zero-order valence-electron chi connectivity index (χ0n) is 6.34. The molecule has 0 aromatic heterocycles. The van der Waals surface area contributed by atoms with Crippen LogP contribution in [0.5, 0.6) is 0 Å². The zero-order valence-corrected chi connectivity index (χ0v) is 6.34. The third-order valence-corrected chi connectivity index (χ3v) is 2.45. The standard InChI is InChI=1S/C7H10F2O2/c1-7(2)3(5(8)9)4(7)6(10)11/h3-5H,1-2H3,(H,10,11). The Morgan fingerprint density at radius 1 is 1.55 bits per heavy atom. The number of hydrogen-bond donors (Lipinski definition) is 1. The third-order valence-electron chi connectivity index (χ3n) is 2.45. The zero-order chi connectivity index (χ0) is 8.81. The summed E-state index contributed by atoms with van der Waals surface area (Å²) in [7, 11) is 0. The SMILES string of the molecule is CC1(C)C(C(=O)O)C1C(F)F. The predicted molar refractivity (Wildman–Crippen MR) is 34.4 cm³/mol. The number of carbonyl (C=O) groups is 1. The van der Waals surface area contributed by atoms with Crippen LogP contribution in [0.1, 0.15) is 13.8 Å². The highest BCUT2D eigenvalue weighted by molar-refractivity contribution is 5.75. The van der Waals surface area contributed by atoms with Gasteiger partial charge in [0.2, 0.25) is 6.43 Å². The maximum Gasteiger partial charge on any atom is 0.307 e. The lowest BCUT2D eigenvalue weighted by Gasteiger charge is -1.98. The van der Waals surface area contributed by atoms with E-state index < -0.39 is 29.6 Å². The Labute approximate surface area is 63.2 Å². The van der Waals surface area contributed by atoms with Crippen molar-refractivity contribution in [1.29, 1.82) is 0 Å². The Balaban J connectivity index is 2.68. The third kappa shape index (κ3) is 1.10. The molecule has 64 valence electrons. The van der Waals surface area contributed by atoms with Gasteiger partial charge in [0, 0.05) is 5.92 Å². The van der Waals surface area contributed by atoms with Gasteiger partial charge in [-0.3, -0.25) is 4.79 Å². The second-order valence-electron chi connectivity index (χ2n) is 3.50. The number of carboxylic acids is 1. The maximum atomic E-state index is 12.1. The fourth-order valence-electron chi connectivity index (χ4n) is 1.62. The van der Waals surface area contributed by atoms with Crippen LogP contribution >= 0.6 is 0 Å². The number of alkyl halides is 2. The predicted octanol–water partition coefficient (Wildman–Crippen LogP) is 1.61. The summed E-state index contributed by atoms with van der Waals surface area (Å²) >= 11 is 0. The molecule has 11 heavy (non-hydrogen) atoms. The Morgan fingerprint density at radius 3 is 2.09 bits per heavy atom. The van der Waals surface area contributed by atoms with Gasteiger partial charge in [0.25, 0.3) is 0 Å². The maximum absolute atomic E-state index is 12.1. The minimum absolute atomic E-state index is 0.722. The van der Waals surface area contributed by atoms with Crippen molar-refractivity contribution in [3.8, 4) is 0 Å². The minimum Gasteiger partial charge on any atom is -0.481 e. The molecule has 1 saturated carbocycles. The second-order valence-corrected chi connectivity index (χ2v) is 3.50. The lowest BCUT2D eigenvalue weighted by molar-refractivity contribution is -0.140. The van der Waals surface area contributed by atoms with Gasteiger partial charge in [0.05, 0.1) is 5.92 Å². The van der Waals surface area contributed by atoms with Crippen LogP contribution in [0.4, 0.5) is 8.78 Å². The van der Waals surface area contributed by atoms with Crippen LogP contribution in [0.3, 0.4) is 0 Å². The highest BCUT2D eigenvalue weighted by atomic mass is 19.3. The van der Waals surface area contributed by atoms with Crippen LogP contribution < -0.4 is 0 Å². The molecule has 1 rings (SSSR count). The van der Waals surface area contributed by atoms with Gasteiger partial charge in [-0.1, -0.05) is 13.8 Å². The first-order chi connectivity index (χ1) is 4.89. The molecule has 4 heteroatoms. The van der Waals surface area contributed by atoms with E-state index >= 15 is 0 Å². The van der Waals surface area contributed by atoms with Gasteiger partial charge in [0.15, 0.2) is 0 Å². The summed E-state index contributed by atoms with van der Waals surface area (Å²) in [5, 5.41) is 8.47. The Kier molecular flexibility index (Phi) is 1.65. The van der Waals surface area contributed by atoms with Crippen LogP contribution in [0, 0.1) is 17.3 Å². The second kappa shape index (κ2) is 2.16. The molecule has 0 heterocycles. The average Bonchev–Trinajstić information content (AvgIpc) is 2.33. The first kappa shape index (κ1) is 8.43. The molecule has 0 radical (unpaired) electrons. The normalized spacial score (nSPS) is 33.9. The molecular weight excluding hydrogens is 154 g/mol. The lowest BCUT2D eigenvalue weighted by atomic mass is 10.1. The molecule has 2 atom stereocenters. The van der Waals surface area contributed by atoms with E-state index in [1.165, 1.54) is 0 Å². The van der Waals surface area contributed by atoms with Crippen LogP contribution in [0.2, 0.25) is 0 Å². The average molecular weight is 164 g/mol. The smallest absolute Gasteiger partial charge is 0.307 e. The molecule has 0 bridgehead atoms. The molecule has 0 amide bonds. The summed E-state index contributed by atoms with van der Waals surface area (Å²) in [6, 6.07) is 0. The topological polar surface area (TPSA) is 37.3 Å². The van der Waals surface area contributed by atoms with Gasteiger partial charge in [0.1, 0.15) is 0 Å². The molecule has 0 saturated heterocycles. The molecule has 1 aliphatic rings. The number of halogens is 2. The van der Waals surface area contributed by atoms with Crippen molar-refractivity contribution in [2.24, 2.45) is 17.3 Å². The van der Waals surface area contributed by atoms with E-state index in [1.807, 2.05) is 0 Å². The largest absolute Gasteiger partial charge is 0.481 e. The van der Waals surface area contributed by atoms with E-state index in [9.17, 15) is 13.6 Å². The van der Waals surface area contributed by atoms with Gasteiger partial charge in [-0.15, -0.1) is 0 Å². The molecule has 1 fully saturated rings. The molecule has 0 aromatic carbocycles. The Hall–Kier alpha value is -0.670. The highest BCUT2D eigenvalue weighted by Gasteiger charge is 2.66. The van der Waals surface area contributed by atoms with Crippen molar-refractivity contribution in [1.82, 2.24) is 0 Å². The van der Waals surface area contributed by atoms with E-state index in [1.54, 1.807) is 13.8 Å². The number of hydrogen-bond acceptors (Lipinski definition) is 1. The van der Waals surface area contributed by atoms with Gasteiger partial charge < -0.3 is 5.11 Å². The monoisotopic (exact) mass is 164 g/mol. The van der Waals surface area contributed by atoms with Crippen LogP contribution in [-0.4, -0.2) is 17.5 Å². The van der Waals surface area contributed by atoms with Gasteiger partial charge >= 0.3 is 5.97 Å². The van der Waals surface area contributed by atoms with Gasteiger partial charge in [-0.05, 0) is 5.41 Å². The highest BCUT2D eigenvalue weighted by Crippen LogP contribution is 2.60. The van der Waals surface area contributed by atoms with Gasteiger partial charge in [-0.25, -0.2) is 8.78 Å². The molecule has 2 nitrogen and oxygen atoms in total. The van der Waals surface area contributed by atoms with E-state index in [-0.39, 0.29) is 0 Å². The van der Waals surface area contributed by atoms with Crippen LogP contribution in [0.25, 0.3) is 0 Å². The molecule has 2 unspecified atom stereocenters. The molecule has 0 spiro atoms. The molecule has 1 N–H and O–H groups in total. The first-order valence-electron chi connectivity index (χ1n) is 3.40. The van der Waals surface area contributed by atoms with E-state index in [0.717, 1.165) is 0 Å². The van der Waals surface area contributed by atoms with E-state index in [2.05, 4.69) is 0 Å². The summed E-state index contributed by atoms with van der Waals surface area (Å²) in [4.78, 5) is 10.4. The molecule has 0 aliphatic heterocycles. The molecular formula is C7H10F2O2. The minimum atomic E-state index is -2.51. The van der Waals surface area contributed by atoms with Gasteiger partial charge in [-0.2, -0.15) is 0 Å². The Bertz CT molecular complexity index is 189. The first-order valence-corrected chi connectivity index (χ1v) is 3.40. The van der Waals surface area contributed by atoms with Crippen molar-refractivity contribution >= 4 is 5.97 Å². The van der Waals surface area contributed by atoms with Crippen LogP contribution in [0.15, 0.2) is 0 Å². The van der Waals surface area contributed by atoms with Crippen LogP contribution in [-0.2, 0) is 4.79 Å². The molecule has 1 aliphatic carbocycles. The summed E-state index contributed by atoms with van der Waals surface area (Å²) in [6.45, 7) is 3.12. The van der Waals surface area contributed by atoms with Crippen molar-refractivity contribution in [3.05, 3.63) is 0 Å². The van der Waals surface area contributed by atoms with Crippen molar-refractivity contribution in [2.45, 2.75) is 20.3 Å². The summed E-state index contributed by atoms with van der Waals surface area (Å²) in [5.74, 6) is -2.93.